The van der Waals surface area contributed by atoms with Crippen molar-refractivity contribution in [1.82, 2.24) is 4.98 Å². The third kappa shape index (κ3) is 2.05. The Morgan fingerprint density at radius 3 is 2.50 bits per heavy atom. The number of hydrogen-bond acceptors (Lipinski definition) is 3. The largest absolute Gasteiger partial charge is 0.247 e. The van der Waals surface area contributed by atoms with Crippen LogP contribution in [0.5, 0.6) is 0 Å². The minimum absolute atomic E-state index is 1.05. The number of rotatable bonds is 2. The van der Waals surface area contributed by atoms with Crippen LogP contribution in [0.15, 0.2) is 66.0 Å². The first-order chi connectivity index (χ1) is 9.90. The van der Waals surface area contributed by atoms with Crippen LogP contribution in [0.3, 0.4) is 0 Å². The van der Waals surface area contributed by atoms with Crippen molar-refractivity contribution in [2.45, 2.75) is 0 Å². The average molecular weight is 293 g/mol. The monoisotopic (exact) mass is 293 g/mol. The number of para-hydroxylation sites is 1. The van der Waals surface area contributed by atoms with Gasteiger partial charge < -0.3 is 0 Å². The van der Waals surface area contributed by atoms with E-state index in [-0.39, 0.29) is 0 Å². The fourth-order valence-corrected chi connectivity index (χ4v) is 4.04. The van der Waals surface area contributed by atoms with Gasteiger partial charge >= 0.3 is 0 Å². The molecule has 0 fully saturated rings. The van der Waals surface area contributed by atoms with Crippen LogP contribution in [-0.4, -0.2) is 4.98 Å². The number of nitrogens with zero attached hydrogens (tertiary/aromatic N) is 1. The Bertz CT molecular complexity index is 859. The van der Waals surface area contributed by atoms with Crippen LogP contribution < -0.4 is 0 Å². The van der Waals surface area contributed by atoms with Crippen LogP contribution in [0.2, 0.25) is 0 Å². The average Bonchev–Trinajstić information content (AvgIpc) is 3.17. The van der Waals surface area contributed by atoms with Crippen LogP contribution in [0.1, 0.15) is 0 Å². The Hall–Kier alpha value is -1.97. The molecule has 1 nitrogen and oxygen atoms in total. The number of thiophene rings is 2. The molecule has 0 saturated carbocycles. The fraction of sp³-hybridized carbons (Fsp3) is 0. The number of hydrogen-bond donors (Lipinski definition) is 0. The molecule has 4 rings (SSSR count). The van der Waals surface area contributed by atoms with Gasteiger partial charge in [-0.2, -0.15) is 0 Å². The zero-order valence-corrected chi connectivity index (χ0v) is 12.2. The summed E-state index contributed by atoms with van der Waals surface area (Å²) in [6, 6.07) is 21.1. The second-order valence-electron chi connectivity index (χ2n) is 4.53. The molecule has 0 bridgehead atoms. The van der Waals surface area contributed by atoms with Crippen LogP contribution in [0.4, 0.5) is 0 Å². The molecule has 0 amide bonds. The molecule has 3 aromatic heterocycles. The Morgan fingerprint density at radius 1 is 0.700 bits per heavy atom. The first kappa shape index (κ1) is 11.8. The molecule has 0 saturated heterocycles. The molecule has 0 aliphatic heterocycles. The van der Waals surface area contributed by atoms with E-state index >= 15 is 0 Å². The molecule has 3 heteroatoms. The Kier molecular flexibility index (Phi) is 2.87. The molecule has 0 unspecified atom stereocenters. The second kappa shape index (κ2) is 4.85. The zero-order valence-electron chi connectivity index (χ0n) is 10.6. The second-order valence-corrected chi connectivity index (χ2v) is 6.56. The molecule has 0 N–H and O–H groups in total. The van der Waals surface area contributed by atoms with Gasteiger partial charge in [0.2, 0.25) is 0 Å². The minimum Gasteiger partial charge on any atom is -0.247 e. The lowest BCUT2D eigenvalue weighted by molar-refractivity contribution is 1.42. The van der Waals surface area contributed by atoms with E-state index in [0.29, 0.717) is 0 Å². The molecular formula is C17H11NS2. The lowest BCUT2D eigenvalue weighted by Crippen LogP contribution is -1.81. The summed E-state index contributed by atoms with van der Waals surface area (Å²) in [5.41, 5.74) is 2.10. The van der Waals surface area contributed by atoms with Crippen molar-refractivity contribution in [3.8, 4) is 20.3 Å². The van der Waals surface area contributed by atoms with Crippen molar-refractivity contribution in [2.24, 2.45) is 0 Å². The van der Waals surface area contributed by atoms with Gasteiger partial charge in [-0.25, -0.2) is 4.98 Å². The van der Waals surface area contributed by atoms with Gasteiger partial charge in [-0.15, -0.1) is 22.7 Å². The summed E-state index contributed by atoms with van der Waals surface area (Å²) in [6.07, 6.45) is 0. The van der Waals surface area contributed by atoms with E-state index in [2.05, 4.69) is 53.9 Å². The number of fused-ring (bicyclic) bond motifs is 1. The van der Waals surface area contributed by atoms with E-state index in [4.69, 9.17) is 4.98 Å². The SMILES string of the molecule is c1csc(-c2ccc(-c3ccc4ccccc4n3)s2)c1. The molecule has 3 heterocycles. The van der Waals surface area contributed by atoms with E-state index in [9.17, 15) is 0 Å². The predicted molar refractivity (Wildman–Crippen MR) is 88.4 cm³/mol. The summed E-state index contributed by atoms with van der Waals surface area (Å²) in [7, 11) is 0. The van der Waals surface area contributed by atoms with Crippen molar-refractivity contribution in [3.63, 3.8) is 0 Å². The van der Waals surface area contributed by atoms with Crippen LogP contribution in [0.25, 0.3) is 31.2 Å². The maximum Gasteiger partial charge on any atom is 0.0809 e. The number of benzene rings is 1. The Morgan fingerprint density at radius 2 is 1.60 bits per heavy atom. The molecule has 0 aliphatic carbocycles. The van der Waals surface area contributed by atoms with Gasteiger partial charge in [0, 0.05) is 15.1 Å². The molecular weight excluding hydrogens is 282 g/mol. The van der Waals surface area contributed by atoms with Gasteiger partial charge in [0.15, 0.2) is 0 Å². The van der Waals surface area contributed by atoms with Crippen molar-refractivity contribution < 1.29 is 0 Å². The summed E-state index contributed by atoms with van der Waals surface area (Å²) in [5.74, 6) is 0. The minimum atomic E-state index is 1.05. The quantitative estimate of drug-likeness (QED) is 0.462. The summed E-state index contributed by atoms with van der Waals surface area (Å²) in [6.45, 7) is 0. The van der Waals surface area contributed by atoms with Crippen molar-refractivity contribution in [2.75, 3.05) is 0 Å². The highest BCUT2D eigenvalue weighted by Gasteiger charge is 2.07. The molecule has 4 aromatic rings. The molecule has 20 heavy (non-hydrogen) atoms. The standard InChI is InChI=1S/C17H11NS2/c1-2-5-13-12(4-1)7-8-14(18-13)15-9-10-17(20-15)16-6-3-11-19-16/h1-11H. The lowest BCUT2D eigenvalue weighted by Gasteiger charge is -2.00. The zero-order chi connectivity index (χ0) is 13.4. The third-order valence-electron chi connectivity index (χ3n) is 3.22. The lowest BCUT2D eigenvalue weighted by atomic mass is 10.2. The van der Waals surface area contributed by atoms with Crippen molar-refractivity contribution in [1.29, 1.82) is 0 Å². The van der Waals surface area contributed by atoms with Gasteiger partial charge in [0.05, 0.1) is 16.1 Å². The summed E-state index contributed by atoms with van der Waals surface area (Å²) < 4.78 is 0. The Balaban J connectivity index is 1.79. The van der Waals surface area contributed by atoms with Crippen LogP contribution in [0, 0.1) is 0 Å². The fourth-order valence-electron chi connectivity index (χ4n) is 2.23. The summed E-state index contributed by atoms with van der Waals surface area (Å²) in [5, 5.41) is 3.30. The molecule has 0 radical (unpaired) electrons. The maximum atomic E-state index is 4.75. The topological polar surface area (TPSA) is 12.9 Å². The van der Waals surface area contributed by atoms with Crippen LogP contribution in [-0.2, 0) is 0 Å². The smallest absolute Gasteiger partial charge is 0.0809 e. The predicted octanol–water partition coefficient (Wildman–Crippen LogP) is 5.69. The molecule has 0 aliphatic rings. The Labute approximate surface area is 125 Å². The first-order valence-electron chi connectivity index (χ1n) is 6.40. The van der Waals surface area contributed by atoms with E-state index in [1.807, 2.05) is 12.1 Å². The van der Waals surface area contributed by atoms with Crippen LogP contribution >= 0.6 is 22.7 Å². The number of aromatic nitrogens is 1. The van der Waals surface area contributed by atoms with Gasteiger partial charge in [0.1, 0.15) is 0 Å². The highest BCUT2D eigenvalue weighted by molar-refractivity contribution is 7.23. The van der Waals surface area contributed by atoms with Gasteiger partial charge in [0.25, 0.3) is 0 Å². The highest BCUT2D eigenvalue weighted by atomic mass is 32.1. The van der Waals surface area contributed by atoms with E-state index in [1.54, 1.807) is 22.7 Å². The van der Waals surface area contributed by atoms with E-state index < -0.39 is 0 Å². The van der Waals surface area contributed by atoms with Gasteiger partial charge in [-0.3, -0.25) is 0 Å². The van der Waals surface area contributed by atoms with E-state index in [0.717, 1.165) is 11.2 Å². The van der Waals surface area contributed by atoms with E-state index in [1.165, 1.54) is 20.0 Å². The van der Waals surface area contributed by atoms with Crippen molar-refractivity contribution in [3.05, 3.63) is 66.0 Å². The van der Waals surface area contributed by atoms with Gasteiger partial charge in [-0.05, 0) is 35.7 Å². The number of pyridine rings is 1. The normalized spacial score (nSPS) is 11.0. The van der Waals surface area contributed by atoms with Gasteiger partial charge in [-0.1, -0.05) is 30.3 Å². The van der Waals surface area contributed by atoms with Crippen molar-refractivity contribution >= 4 is 33.6 Å². The first-order valence-corrected chi connectivity index (χ1v) is 8.10. The maximum absolute atomic E-state index is 4.75. The molecule has 96 valence electrons. The third-order valence-corrected chi connectivity index (χ3v) is 5.39. The molecule has 0 atom stereocenters. The molecule has 0 spiro atoms. The molecule has 1 aromatic carbocycles. The summed E-state index contributed by atoms with van der Waals surface area (Å²) in [4.78, 5) is 8.61. The highest BCUT2D eigenvalue weighted by Crippen LogP contribution is 2.36. The summed E-state index contributed by atoms with van der Waals surface area (Å²) >= 11 is 3.58.